The Morgan fingerprint density at radius 2 is 2.15 bits per heavy atom. The van der Waals surface area contributed by atoms with Gasteiger partial charge in [-0.15, -0.1) is 0 Å². The zero-order valence-corrected chi connectivity index (χ0v) is 16.1. The third kappa shape index (κ3) is 4.70. The first-order valence-electron chi connectivity index (χ1n) is 8.15. The van der Waals surface area contributed by atoms with Crippen LogP contribution in [0.1, 0.15) is 24.0 Å². The second-order valence-electron chi connectivity index (χ2n) is 6.10. The van der Waals surface area contributed by atoms with Gasteiger partial charge in [0.15, 0.2) is 21.5 Å². The van der Waals surface area contributed by atoms with Crippen molar-refractivity contribution in [3.8, 4) is 11.5 Å². The third-order valence-corrected chi connectivity index (χ3v) is 5.91. The summed E-state index contributed by atoms with van der Waals surface area (Å²) >= 11 is 0. The van der Waals surface area contributed by atoms with Crippen molar-refractivity contribution in [2.45, 2.75) is 25.8 Å². The molecule has 0 spiro atoms. The van der Waals surface area contributed by atoms with Gasteiger partial charge in [-0.3, -0.25) is 9.59 Å². The van der Waals surface area contributed by atoms with E-state index < -0.39 is 9.84 Å². The van der Waals surface area contributed by atoms with E-state index in [1.54, 1.807) is 18.1 Å². The van der Waals surface area contributed by atoms with Gasteiger partial charge in [0, 0.05) is 14.1 Å². The van der Waals surface area contributed by atoms with E-state index in [-0.39, 0.29) is 36.3 Å². The highest BCUT2D eigenvalue weighted by Crippen LogP contribution is 2.29. The molecule has 148 valence electrons. The van der Waals surface area contributed by atoms with Crippen molar-refractivity contribution in [1.29, 1.82) is 0 Å². The van der Waals surface area contributed by atoms with Crippen LogP contribution in [-0.4, -0.2) is 68.8 Å². The van der Waals surface area contributed by atoms with Crippen molar-refractivity contribution in [2.75, 3.05) is 18.6 Å². The van der Waals surface area contributed by atoms with Crippen LogP contribution in [0.5, 0.6) is 0 Å². The number of aryl methyl sites for hydroxylation is 2. The second-order valence-corrected chi connectivity index (χ2v) is 8.33. The van der Waals surface area contributed by atoms with Gasteiger partial charge < -0.3 is 15.0 Å². The van der Waals surface area contributed by atoms with Crippen molar-refractivity contribution in [3.63, 3.8) is 0 Å². The molecule has 0 bridgehead atoms. The van der Waals surface area contributed by atoms with E-state index in [2.05, 4.69) is 20.4 Å². The maximum absolute atomic E-state index is 11.8. The Balaban J connectivity index is 0.000000817. The lowest BCUT2D eigenvalue weighted by atomic mass is 10.2. The van der Waals surface area contributed by atoms with Gasteiger partial charge in [-0.05, 0) is 13.3 Å². The molecule has 1 unspecified atom stereocenters. The van der Waals surface area contributed by atoms with Gasteiger partial charge in [0.05, 0.1) is 36.0 Å². The molecule has 27 heavy (non-hydrogen) atoms. The molecule has 12 heteroatoms. The summed E-state index contributed by atoms with van der Waals surface area (Å²) in [5, 5.41) is 13.9. The van der Waals surface area contributed by atoms with Crippen LogP contribution in [0.15, 0.2) is 6.33 Å². The number of carbonyl (C=O) groups is 2. The minimum Gasteiger partial charge on any atom is -0.483 e. The van der Waals surface area contributed by atoms with Crippen molar-refractivity contribution in [1.82, 2.24) is 29.6 Å². The SMILES string of the molecule is CNC(=O)Cc1nc(-c2c(C)ncn2C)n(C2CCS(=O)(=O)C2)n1.O=CO. The van der Waals surface area contributed by atoms with Crippen LogP contribution >= 0.6 is 0 Å². The summed E-state index contributed by atoms with van der Waals surface area (Å²) in [6.45, 7) is 1.61. The van der Waals surface area contributed by atoms with Crippen LogP contribution in [0.4, 0.5) is 0 Å². The molecular formula is C15H22N6O5S. The summed E-state index contributed by atoms with van der Waals surface area (Å²) in [5.74, 6) is 0.911. The fourth-order valence-corrected chi connectivity index (χ4v) is 4.62. The first kappa shape index (κ1) is 20.6. The molecule has 1 saturated heterocycles. The van der Waals surface area contributed by atoms with Crippen LogP contribution in [0.2, 0.25) is 0 Å². The fourth-order valence-electron chi connectivity index (χ4n) is 2.93. The number of sulfone groups is 1. The molecule has 2 aromatic heterocycles. The lowest BCUT2D eigenvalue weighted by molar-refractivity contribution is -0.123. The predicted molar refractivity (Wildman–Crippen MR) is 95.7 cm³/mol. The molecular weight excluding hydrogens is 376 g/mol. The highest BCUT2D eigenvalue weighted by Gasteiger charge is 2.33. The monoisotopic (exact) mass is 398 g/mol. The van der Waals surface area contributed by atoms with E-state index in [4.69, 9.17) is 9.90 Å². The quantitative estimate of drug-likeness (QED) is 0.644. The Kier molecular flexibility index (Phi) is 6.31. The van der Waals surface area contributed by atoms with Gasteiger partial charge >= 0.3 is 0 Å². The predicted octanol–water partition coefficient (Wildman–Crippen LogP) is -0.664. The van der Waals surface area contributed by atoms with Crippen LogP contribution in [-0.2, 0) is 32.9 Å². The number of hydrogen-bond donors (Lipinski definition) is 2. The molecule has 1 amide bonds. The number of nitrogens with zero attached hydrogens (tertiary/aromatic N) is 5. The molecule has 0 saturated carbocycles. The first-order valence-corrected chi connectivity index (χ1v) is 9.97. The van der Waals surface area contributed by atoms with E-state index in [9.17, 15) is 13.2 Å². The Labute approximate surface area is 156 Å². The summed E-state index contributed by atoms with van der Waals surface area (Å²) in [7, 11) is 0.338. The minimum atomic E-state index is -3.06. The summed E-state index contributed by atoms with van der Waals surface area (Å²) in [4.78, 5) is 28.7. The smallest absolute Gasteiger partial charge is 0.290 e. The highest BCUT2D eigenvalue weighted by atomic mass is 32.2. The van der Waals surface area contributed by atoms with Crippen LogP contribution in [0.25, 0.3) is 11.5 Å². The number of aromatic nitrogens is 5. The topological polar surface area (TPSA) is 149 Å². The largest absolute Gasteiger partial charge is 0.483 e. The number of carboxylic acid groups (broad SMARTS) is 1. The number of carbonyl (C=O) groups excluding carboxylic acids is 1. The number of rotatable bonds is 4. The third-order valence-electron chi connectivity index (χ3n) is 4.16. The number of hydrogen-bond acceptors (Lipinski definition) is 7. The van der Waals surface area contributed by atoms with E-state index in [0.717, 1.165) is 11.4 Å². The zero-order chi connectivity index (χ0) is 20.2. The second kappa shape index (κ2) is 8.29. The maximum atomic E-state index is 11.8. The number of imidazole rings is 1. The normalized spacial score (nSPS) is 17.8. The van der Waals surface area contributed by atoms with Crippen molar-refractivity contribution >= 4 is 22.2 Å². The van der Waals surface area contributed by atoms with Crippen LogP contribution in [0.3, 0.4) is 0 Å². The van der Waals surface area contributed by atoms with Crippen molar-refractivity contribution in [3.05, 3.63) is 17.8 Å². The van der Waals surface area contributed by atoms with Gasteiger partial charge in [0.1, 0.15) is 5.69 Å². The number of nitrogens with one attached hydrogen (secondary N) is 1. The molecule has 0 aromatic carbocycles. The Bertz CT molecular complexity index is 913. The molecule has 3 heterocycles. The van der Waals surface area contributed by atoms with E-state index in [1.165, 1.54) is 0 Å². The minimum absolute atomic E-state index is 0.0413. The molecule has 2 aromatic rings. The van der Waals surface area contributed by atoms with Crippen LogP contribution < -0.4 is 5.32 Å². The molecule has 2 N–H and O–H groups in total. The molecule has 3 rings (SSSR count). The molecule has 1 atom stereocenters. The Hall–Kier alpha value is -2.76. The number of likely N-dealkylation sites (N-methyl/N-ethyl adjacent to an activating group) is 1. The van der Waals surface area contributed by atoms with E-state index in [0.29, 0.717) is 18.1 Å². The molecule has 11 nitrogen and oxygen atoms in total. The lowest BCUT2D eigenvalue weighted by Gasteiger charge is -2.12. The van der Waals surface area contributed by atoms with E-state index >= 15 is 0 Å². The Morgan fingerprint density at radius 1 is 1.48 bits per heavy atom. The summed E-state index contributed by atoms with van der Waals surface area (Å²) in [6, 6.07) is -0.273. The molecule has 1 aliphatic heterocycles. The first-order chi connectivity index (χ1) is 12.7. The number of amides is 1. The van der Waals surface area contributed by atoms with Gasteiger partial charge in [-0.2, -0.15) is 5.10 Å². The van der Waals surface area contributed by atoms with E-state index in [1.807, 2.05) is 18.5 Å². The van der Waals surface area contributed by atoms with Gasteiger partial charge in [0.25, 0.3) is 6.47 Å². The van der Waals surface area contributed by atoms with Crippen molar-refractivity contribution in [2.24, 2.45) is 7.05 Å². The zero-order valence-electron chi connectivity index (χ0n) is 15.3. The maximum Gasteiger partial charge on any atom is 0.290 e. The van der Waals surface area contributed by atoms with Crippen molar-refractivity contribution < 1.29 is 23.1 Å². The average Bonchev–Trinajstić information content (AvgIpc) is 3.25. The molecule has 0 radical (unpaired) electrons. The Morgan fingerprint density at radius 3 is 2.63 bits per heavy atom. The van der Waals surface area contributed by atoms with Gasteiger partial charge in [0.2, 0.25) is 5.91 Å². The van der Waals surface area contributed by atoms with Gasteiger partial charge in [-0.25, -0.2) is 23.1 Å². The fraction of sp³-hybridized carbons (Fsp3) is 0.533. The summed E-state index contributed by atoms with van der Waals surface area (Å²) in [5.41, 5.74) is 1.55. The molecule has 1 aliphatic rings. The van der Waals surface area contributed by atoms with Crippen LogP contribution in [0, 0.1) is 6.92 Å². The molecule has 0 aliphatic carbocycles. The standard InChI is InChI=1S/C14H20N6O3S.CH2O2/c1-9-13(19(3)8-16-9)14-17-11(6-12(21)15-2)18-20(14)10-4-5-24(22,23)7-10;2-1-3/h8,10H,4-7H2,1-3H3,(H,15,21);1H,(H,2,3). The summed E-state index contributed by atoms with van der Waals surface area (Å²) < 4.78 is 27.1. The van der Waals surface area contributed by atoms with Gasteiger partial charge in [-0.1, -0.05) is 0 Å². The summed E-state index contributed by atoms with van der Waals surface area (Å²) in [6.07, 6.45) is 2.22. The molecule has 1 fully saturated rings. The highest BCUT2D eigenvalue weighted by molar-refractivity contribution is 7.91. The average molecular weight is 398 g/mol. The lowest BCUT2D eigenvalue weighted by Crippen LogP contribution is -2.21.